The van der Waals surface area contributed by atoms with E-state index in [1.165, 1.54) is 0 Å². The molecule has 0 aliphatic carbocycles. The van der Waals surface area contributed by atoms with Gasteiger partial charge in [-0.3, -0.25) is 9.59 Å². The van der Waals surface area contributed by atoms with E-state index in [-0.39, 0.29) is 23.4 Å². The fraction of sp³-hybridized carbons (Fsp3) is 0.267. The maximum atomic E-state index is 13.9. The van der Waals surface area contributed by atoms with E-state index in [2.05, 4.69) is 29.8 Å². The van der Waals surface area contributed by atoms with E-state index < -0.39 is 0 Å². The molecule has 2 N–H and O–H groups in total. The highest BCUT2D eigenvalue weighted by Gasteiger charge is 2.31. The zero-order chi connectivity index (χ0) is 26.5. The summed E-state index contributed by atoms with van der Waals surface area (Å²) in [7, 11) is 0. The van der Waals surface area contributed by atoms with Gasteiger partial charge in [0.15, 0.2) is 0 Å². The number of pyridine rings is 1. The maximum Gasteiger partial charge on any atom is 0.259 e. The number of nitrogens with two attached hydrogens (primary N) is 1. The summed E-state index contributed by atoms with van der Waals surface area (Å²) in [6.45, 7) is 5.48. The number of hydrogen-bond acceptors (Lipinski definition) is 3. The third-order valence-electron chi connectivity index (χ3n) is 6.51. The van der Waals surface area contributed by atoms with E-state index in [9.17, 15) is 9.59 Å². The summed E-state index contributed by atoms with van der Waals surface area (Å²) in [6.07, 6.45) is 0.647. The van der Waals surface area contributed by atoms with Crippen molar-refractivity contribution in [1.82, 2.24) is 9.47 Å². The highest BCUT2D eigenvalue weighted by atomic mass is 79.9. The fourth-order valence-corrected chi connectivity index (χ4v) is 5.21. The lowest BCUT2D eigenvalue weighted by molar-refractivity contribution is 0.0610. The highest BCUT2D eigenvalue weighted by Crippen LogP contribution is 2.32. The van der Waals surface area contributed by atoms with Crippen molar-refractivity contribution in [1.29, 1.82) is 0 Å². The van der Waals surface area contributed by atoms with Crippen molar-refractivity contribution in [2.24, 2.45) is 11.7 Å². The fourth-order valence-electron chi connectivity index (χ4n) is 4.77. The van der Waals surface area contributed by atoms with Crippen LogP contribution >= 0.6 is 27.5 Å². The average Bonchev–Trinajstić information content (AvgIpc) is 2.88. The molecule has 37 heavy (non-hydrogen) atoms. The molecule has 3 aromatic carbocycles. The molecule has 0 aliphatic rings. The molecule has 0 saturated heterocycles. The molecule has 4 aromatic rings. The van der Waals surface area contributed by atoms with Crippen molar-refractivity contribution in [3.63, 3.8) is 0 Å². The number of carbonyl (C=O) groups excluding carboxylic acids is 1. The standard InChI is InChI=1S/C30H31BrClN3O2/c1-20(2)28(34(16-6-15-33)29(36)22-9-11-24(31)12-10-22)27-18-23-17-25(32)13-14-26(23)30(37)35(27)19-21-7-4-3-5-8-21/h3-5,7-14,17-18,20,28H,6,15-16,19,33H2,1-2H3. The quantitative estimate of drug-likeness (QED) is 0.241. The lowest BCUT2D eigenvalue weighted by Gasteiger charge is -2.36. The molecule has 0 bridgehead atoms. The zero-order valence-corrected chi connectivity index (χ0v) is 23.4. The second-order valence-electron chi connectivity index (χ2n) is 9.51. The van der Waals surface area contributed by atoms with Gasteiger partial charge in [-0.1, -0.05) is 71.7 Å². The van der Waals surface area contributed by atoms with Crippen LogP contribution in [0.1, 0.15) is 47.9 Å². The Hall–Kier alpha value is -2.93. The molecule has 0 aliphatic heterocycles. The molecule has 1 heterocycles. The first-order valence-electron chi connectivity index (χ1n) is 12.4. The smallest absolute Gasteiger partial charge is 0.259 e. The number of amides is 1. The van der Waals surface area contributed by atoms with Crippen molar-refractivity contribution in [3.8, 4) is 0 Å². The molecular weight excluding hydrogens is 550 g/mol. The van der Waals surface area contributed by atoms with Crippen molar-refractivity contribution >= 4 is 44.2 Å². The van der Waals surface area contributed by atoms with Gasteiger partial charge in [-0.15, -0.1) is 0 Å². The van der Waals surface area contributed by atoms with Crippen molar-refractivity contribution in [2.75, 3.05) is 13.1 Å². The number of carbonyl (C=O) groups is 1. The summed E-state index contributed by atoms with van der Waals surface area (Å²) in [5.74, 6) is -0.0696. The number of benzene rings is 3. The number of fused-ring (bicyclic) bond motifs is 1. The SMILES string of the molecule is CC(C)C(c1cc2cc(Cl)ccc2c(=O)n1Cc1ccccc1)N(CCCN)C(=O)c1ccc(Br)cc1. The molecule has 192 valence electrons. The number of halogens is 2. The molecule has 5 nitrogen and oxygen atoms in total. The Labute approximate surface area is 231 Å². The number of rotatable bonds is 9. The maximum absolute atomic E-state index is 13.9. The lowest BCUT2D eigenvalue weighted by atomic mass is 9.95. The van der Waals surface area contributed by atoms with Crippen LogP contribution in [0.2, 0.25) is 5.02 Å². The van der Waals surface area contributed by atoms with Crippen molar-refractivity contribution in [2.45, 2.75) is 32.9 Å². The zero-order valence-electron chi connectivity index (χ0n) is 21.0. The predicted octanol–water partition coefficient (Wildman–Crippen LogP) is 6.65. The minimum atomic E-state index is -0.359. The van der Waals surface area contributed by atoms with Crippen LogP contribution in [0.25, 0.3) is 10.8 Å². The number of nitrogens with zero attached hydrogens (tertiary/aromatic N) is 2. The topological polar surface area (TPSA) is 68.3 Å². The Bertz CT molecular complexity index is 1440. The molecule has 0 fully saturated rings. The summed E-state index contributed by atoms with van der Waals surface area (Å²) in [5.41, 5.74) is 8.16. The van der Waals surface area contributed by atoms with E-state index in [0.29, 0.717) is 42.0 Å². The second kappa shape index (κ2) is 12.1. The van der Waals surface area contributed by atoms with Crippen LogP contribution in [0.15, 0.2) is 88.1 Å². The van der Waals surface area contributed by atoms with Crippen LogP contribution < -0.4 is 11.3 Å². The monoisotopic (exact) mass is 579 g/mol. The van der Waals surface area contributed by atoms with E-state index in [0.717, 1.165) is 21.1 Å². The third-order valence-corrected chi connectivity index (χ3v) is 7.28. The summed E-state index contributed by atoms with van der Waals surface area (Å²) in [5, 5.41) is 1.92. The van der Waals surface area contributed by atoms with E-state index in [1.54, 1.807) is 16.7 Å². The van der Waals surface area contributed by atoms with Gasteiger partial charge in [0.25, 0.3) is 11.5 Å². The third kappa shape index (κ3) is 6.15. The summed E-state index contributed by atoms with van der Waals surface area (Å²) >= 11 is 9.77. The van der Waals surface area contributed by atoms with Crippen LogP contribution in [0, 0.1) is 5.92 Å². The highest BCUT2D eigenvalue weighted by molar-refractivity contribution is 9.10. The Balaban J connectivity index is 1.93. The Morgan fingerprint density at radius 1 is 1.03 bits per heavy atom. The first kappa shape index (κ1) is 27.1. The van der Waals surface area contributed by atoms with E-state index in [4.69, 9.17) is 17.3 Å². The molecule has 0 saturated carbocycles. The molecule has 1 atom stereocenters. The van der Waals surface area contributed by atoms with Crippen LogP contribution in [-0.4, -0.2) is 28.5 Å². The van der Waals surface area contributed by atoms with Gasteiger partial charge >= 0.3 is 0 Å². The van der Waals surface area contributed by atoms with E-state index in [1.807, 2.05) is 71.6 Å². The molecule has 1 aromatic heterocycles. The van der Waals surface area contributed by atoms with Gasteiger partial charge in [0.1, 0.15) is 0 Å². The van der Waals surface area contributed by atoms with Gasteiger partial charge < -0.3 is 15.2 Å². The first-order valence-corrected chi connectivity index (χ1v) is 13.6. The van der Waals surface area contributed by atoms with Crippen LogP contribution in [0.3, 0.4) is 0 Å². The van der Waals surface area contributed by atoms with Crippen molar-refractivity contribution < 1.29 is 4.79 Å². The largest absolute Gasteiger partial charge is 0.330 e. The second-order valence-corrected chi connectivity index (χ2v) is 10.9. The minimum absolute atomic E-state index is 0.0234. The van der Waals surface area contributed by atoms with Crippen LogP contribution in [0.4, 0.5) is 0 Å². The molecule has 4 rings (SSSR count). The molecular formula is C30H31BrClN3O2. The Morgan fingerprint density at radius 3 is 2.38 bits per heavy atom. The molecule has 1 unspecified atom stereocenters. The number of hydrogen-bond donors (Lipinski definition) is 1. The molecule has 0 spiro atoms. The number of aromatic nitrogens is 1. The van der Waals surface area contributed by atoms with Crippen LogP contribution in [0.5, 0.6) is 0 Å². The summed E-state index contributed by atoms with van der Waals surface area (Å²) in [4.78, 5) is 29.7. The average molecular weight is 581 g/mol. The van der Waals surface area contributed by atoms with E-state index >= 15 is 0 Å². The molecule has 1 amide bonds. The van der Waals surface area contributed by atoms with Gasteiger partial charge in [-0.05, 0) is 78.4 Å². The normalized spacial score (nSPS) is 12.2. The van der Waals surface area contributed by atoms with Crippen LogP contribution in [-0.2, 0) is 6.54 Å². The molecule has 0 radical (unpaired) electrons. The minimum Gasteiger partial charge on any atom is -0.330 e. The summed E-state index contributed by atoms with van der Waals surface area (Å²) in [6, 6.07) is 24.2. The Kier molecular flexibility index (Phi) is 8.85. The van der Waals surface area contributed by atoms with Gasteiger partial charge in [-0.2, -0.15) is 0 Å². The first-order chi connectivity index (χ1) is 17.8. The summed E-state index contributed by atoms with van der Waals surface area (Å²) < 4.78 is 2.71. The van der Waals surface area contributed by atoms with Gasteiger partial charge in [0, 0.05) is 32.7 Å². The lowest BCUT2D eigenvalue weighted by Crippen LogP contribution is -2.41. The Morgan fingerprint density at radius 2 is 1.73 bits per heavy atom. The molecule has 7 heteroatoms. The predicted molar refractivity (Wildman–Crippen MR) is 155 cm³/mol. The van der Waals surface area contributed by atoms with Crippen molar-refractivity contribution in [3.05, 3.63) is 116 Å². The van der Waals surface area contributed by atoms with Gasteiger partial charge in [0.2, 0.25) is 0 Å². The van der Waals surface area contributed by atoms with Gasteiger partial charge in [0.05, 0.1) is 12.6 Å². The van der Waals surface area contributed by atoms with Gasteiger partial charge in [-0.25, -0.2) is 0 Å².